The van der Waals surface area contributed by atoms with Crippen LogP contribution in [0.1, 0.15) is 31.7 Å². The van der Waals surface area contributed by atoms with Crippen LogP contribution in [0, 0.1) is 5.82 Å². The molecule has 0 saturated heterocycles. The molecule has 1 atom stereocenters. The van der Waals surface area contributed by atoms with Crippen molar-refractivity contribution in [1.82, 2.24) is 10.6 Å². The topological polar surface area (TPSA) is 78.4 Å². The van der Waals surface area contributed by atoms with Crippen LogP contribution in [0.15, 0.2) is 24.3 Å². The molecule has 5 nitrogen and oxygen atoms in total. The normalized spacial score (nSPS) is 11.7. The first-order chi connectivity index (χ1) is 10.0. The lowest BCUT2D eigenvalue weighted by molar-refractivity contribution is -0.137. The maximum atomic E-state index is 13.4. The van der Waals surface area contributed by atoms with Gasteiger partial charge in [0, 0.05) is 12.6 Å². The first-order valence-electron chi connectivity index (χ1n) is 7.02. The van der Waals surface area contributed by atoms with Crippen molar-refractivity contribution in [3.8, 4) is 0 Å². The van der Waals surface area contributed by atoms with Crippen molar-refractivity contribution in [3.63, 3.8) is 0 Å². The van der Waals surface area contributed by atoms with Gasteiger partial charge in [0.15, 0.2) is 0 Å². The minimum atomic E-state index is -0.944. The molecule has 6 heteroatoms. The molecular formula is C15H21FN2O3. The summed E-state index contributed by atoms with van der Waals surface area (Å²) >= 11 is 0. The van der Waals surface area contributed by atoms with E-state index in [1.165, 1.54) is 6.07 Å². The zero-order valence-corrected chi connectivity index (χ0v) is 12.1. The lowest BCUT2D eigenvalue weighted by atomic mass is 10.1. The highest BCUT2D eigenvalue weighted by molar-refractivity contribution is 5.75. The van der Waals surface area contributed by atoms with Crippen molar-refractivity contribution in [1.29, 1.82) is 0 Å². The van der Waals surface area contributed by atoms with Crippen LogP contribution < -0.4 is 10.6 Å². The third-order valence-corrected chi connectivity index (χ3v) is 3.03. The van der Waals surface area contributed by atoms with Crippen LogP contribution in [0.5, 0.6) is 0 Å². The molecule has 0 aromatic heterocycles. The molecule has 1 aromatic carbocycles. The average Bonchev–Trinajstić information content (AvgIpc) is 2.40. The van der Waals surface area contributed by atoms with Gasteiger partial charge in [-0.15, -0.1) is 0 Å². The first-order valence-corrected chi connectivity index (χ1v) is 7.02. The Morgan fingerprint density at radius 3 is 2.67 bits per heavy atom. The van der Waals surface area contributed by atoms with Crippen molar-refractivity contribution in [2.75, 3.05) is 6.54 Å². The maximum absolute atomic E-state index is 13.4. The molecule has 116 valence electrons. The fraction of sp³-hybridized carbons (Fsp3) is 0.467. The van der Waals surface area contributed by atoms with Gasteiger partial charge in [-0.2, -0.15) is 0 Å². The Morgan fingerprint density at radius 1 is 1.33 bits per heavy atom. The number of carbonyl (C=O) groups is 2. The highest BCUT2D eigenvalue weighted by atomic mass is 19.1. The number of amides is 2. The van der Waals surface area contributed by atoms with E-state index in [0.717, 1.165) is 6.42 Å². The summed E-state index contributed by atoms with van der Waals surface area (Å²) in [6.07, 6.45) is 1.67. The highest BCUT2D eigenvalue weighted by Gasteiger charge is 2.14. The molecule has 0 radical (unpaired) electrons. The summed E-state index contributed by atoms with van der Waals surface area (Å²) in [5.74, 6) is -1.24. The Morgan fingerprint density at radius 2 is 2.05 bits per heavy atom. The molecule has 1 rings (SSSR count). The monoisotopic (exact) mass is 296 g/mol. The minimum Gasteiger partial charge on any atom is -0.481 e. The van der Waals surface area contributed by atoms with Gasteiger partial charge in [-0.05, 0) is 24.5 Å². The van der Waals surface area contributed by atoms with Crippen LogP contribution in [0.3, 0.4) is 0 Å². The molecular weight excluding hydrogens is 275 g/mol. The van der Waals surface area contributed by atoms with E-state index >= 15 is 0 Å². The molecule has 0 heterocycles. The van der Waals surface area contributed by atoms with E-state index in [-0.39, 0.29) is 18.3 Å². The van der Waals surface area contributed by atoms with Crippen LogP contribution in [-0.4, -0.2) is 29.7 Å². The lowest BCUT2D eigenvalue weighted by Crippen LogP contribution is -2.43. The van der Waals surface area contributed by atoms with E-state index in [1.54, 1.807) is 18.2 Å². The van der Waals surface area contributed by atoms with Gasteiger partial charge in [-0.1, -0.05) is 31.5 Å². The van der Waals surface area contributed by atoms with Crippen molar-refractivity contribution in [2.24, 2.45) is 0 Å². The van der Waals surface area contributed by atoms with Crippen molar-refractivity contribution < 1.29 is 19.1 Å². The van der Waals surface area contributed by atoms with Crippen LogP contribution in [0.2, 0.25) is 0 Å². The van der Waals surface area contributed by atoms with E-state index < -0.39 is 12.0 Å². The molecule has 0 bridgehead atoms. The molecule has 1 unspecified atom stereocenters. The van der Waals surface area contributed by atoms with Crippen molar-refractivity contribution >= 4 is 12.0 Å². The van der Waals surface area contributed by atoms with Gasteiger partial charge in [-0.3, -0.25) is 4.79 Å². The molecule has 0 spiro atoms. The summed E-state index contributed by atoms with van der Waals surface area (Å²) in [6, 6.07) is 5.58. The van der Waals surface area contributed by atoms with Gasteiger partial charge in [-0.25, -0.2) is 9.18 Å². The molecule has 0 aliphatic heterocycles. The third-order valence-electron chi connectivity index (χ3n) is 3.03. The molecule has 1 aromatic rings. The summed E-state index contributed by atoms with van der Waals surface area (Å²) < 4.78 is 13.4. The standard InChI is InChI=1S/C15H21FN2O3/c1-2-5-12(10-14(19)20)18-15(21)17-9-8-11-6-3-4-7-13(11)16/h3-4,6-7,12H,2,5,8-10H2,1H3,(H,19,20)(H2,17,18,21). The fourth-order valence-electron chi connectivity index (χ4n) is 2.03. The number of carboxylic acids is 1. The summed E-state index contributed by atoms with van der Waals surface area (Å²) in [5.41, 5.74) is 0.536. The zero-order chi connectivity index (χ0) is 15.7. The molecule has 0 aliphatic carbocycles. The Hall–Kier alpha value is -2.11. The molecule has 0 fully saturated rings. The number of halogens is 1. The number of benzene rings is 1. The minimum absolute atomic E-state index is 0.103. The molecule has 21 heavy (non-hydrogen) atoms. The second-order valence-electron chi connectivity index (χ2n) is 4.83. The average molecular weight is 296 g/mol. The first kappa shape index (κ1) is 16.9. The van der Waals surface area contributed by atoms with Gasteiger partial charge >= 0.3 is 12.0 Å². The van der Waals surface area contributed by atoms with E-state index in [1.807, 2.05) is 6.92 Å². The van der Waals surface area contributed by atoms with Gasteiger partial charge < -0.3 is 15.7 Å². The van der Waals surface area contributed by atoms with E-state index in [4.69, 9.17) is 5.11 Å². The van der Waals surface area contributed by atoms with Gasteiger partial charge in [0.2, 0.25) is 0 Å². The SMILES string of the molecule is CCCC(CC(=O)O)NC(=O)NCCc1ccccc1F. The number of nitrogens with one attached hydrogen (secondary N) is 2. The Balaban J connectivity index is 2.35. The van der Waals surface area contributed by atoms with Gasteiger partial charge in [0.05, 0.1) is 6.42 Å². The van der Waals surface area contributed by atoms with Gasteiger partial charge in [0.1, 0.15) is 5.82 Å². The lowest BCUT2D eigenvalue weighted by Gasteiger charge is -2.16. The van der Waals surface area contributed by atoms with Crippen LogP contribution in [0.4, 0.5) is 9.18 Å². The summed E-state index contributed by atoms with van der Waals surface area (Å²) in [4.78, 5) is 22.4. The second-order valence-corrected chi connectivity index (χ2v) is 4.83. The van der Waals surface area contributed by atoms with Crippen molar-refractivity contribution in [3.05, 3.63) is 35.6 Å². The number of hydrogen-bond acceptors (Lipinski definition) is 2. The molecule has 0 saturated carbocycles. The number of hydrogen-bond donors (Lipinski definition) is 3. The second kappa shape index (κ2) is 8.94. The van der Waals surface area contributed by atoms with E-state index in [2.05, 4.69) is 10.6 Å². The van der Waals surface area contributed by atoms with E-state index in [9.17, 15) is 14.0 Å². The van der Waals surface area contributed by atoms with E-state index in [0.29, 0.717) is 24.9 Å². The number of carbonyl (C=O) groups excluding carboxylic acids is 1. The summed E-state index contributed by atoms with van der Waals surface area (Å²) in [7, 11) is 0. The highest BCUT2D eigenvalue weighted by Crippen LogP contribution is 2.06. The summed E-state index contributed by atoms with van der Waals surface area (Å²) in [6.45, 7) is 2.21. The van der Waals surface area contributed by atoms with Crippen LogP contribution in [-0.2, 0) is 11.2 Å². The van der Waals surface area contributed by atoms with Crippen molar-refractivity contribution in [2.45, 2.75) is 38.6 Å². The zero-order valence-electron chi connectivity index (χ0n) is 12.1. The third kappa shape index (κ3) is 6.74. The smallest absolute Gasteiger partial charge is 0.315 e. The number of carboxylic acid groups (broad SMARTS) is 1. The van der Waals surface area contributed by atoms with Gasteiger partial charge in [0.25, 0.3) is 0 Å². The molecule has 0 aliphatic rings. The van der Waals surface area contributed by atoms with Crippen LogP contribution >= 0.6 is 0 Å². The fourth-order valence-corrected chi connectivity index (χ4v) is 2.03. The Bertz CT molecular complexity index is 480. The molecule has 3 N–H and O–H groups in total. The predicted octanol–water partition coefficient (Wildman–Crippen LogP) is 2.31. The quantitative estimate of drug-likeness (QED) is 0.689. The number of aliphatic carboxylic acids is 1. The largest absolute Gasteiger partial charge is 0.481 e. The summed E-state index contributed by atoms with van der Waals surface area (Å²) in [5, 5.41) is 14.0. The number of urea groups is 1. The number of rotatable bonds is 8. The van der Waals surface area contributed by atoms with Crippen LogP contribution in [0.25, 0.3) is 0 Å². The Labute approximate surface area is 123 Å². The maximum Gasteiger partial charge on any atom is 0.315 e. The Kier molecular flexibility index (Phi) is 7.21. The predicted molar refractivity (Wildman–Crippen MR) is 77.6 cm³/mol. The molecule has 2 amide bonds.